The van der Waals surface area contributed by atoms with Gasteiger partial charge in [0, 0.05) is 23.6 Å². The Morgan fingerprint density at radius 2 is 2.24 bits per heavy atom. The molecule has 4 heteroatoms. The molecule has 0 aromatic carbocycles. The molecule has 3 nitrogen and oxygen atoms in total. The highest BCUT2D eigenvalue weighted by Crippen LogP contribution is 2.22. The van der Waals surface area contributed by atoms with Gasteiger partial charge in [0.15, 0.2) is 0 Å². The number of hydrogen-bond acceptors (Lipinski definition) is 4. The van der Waals surface area contributed by atoms with Crippen molar-refractivity contribution in [3.63, 3.8) is 0 Å². The molecule has 1 atom stereocenters. The van der Waals surface area contributed by atoms with E-state index in [9.17, 15) is 0 Å². The molecule has 0 saturated carbocycles. The lowest BCUT2D eigenvalue weighted by Crippen LogP contribution is -2.25. The topological polar surface area (TPSA) is 50.9 Å². The van der Waals surface area contributed by atoms with Gasteiger partial charge in [0.2, 0.25) is 0 Å². The van der Waals surface area contributed by atoms with Crippen molar-refractivity contribution in [3.8, 4) is 0 Å². The van der Waals surface area contributed by atoms with Crippen molar-refractivity contribution < 1.29 is 0 Å². The monoisotopic (exact) mass is 253 g/mol. The molecule has 1 rings (SSSR count). The predicted molar refractivity (Wildman–Crippen MR) is 77.3 cm³/mol. The number of nitrogens with two attached hydrogens (primary N) is 1. The van der Waals surface area contributed by atoms with Crippen LogP contribution in [-0.2, 0) is 0 Å². The highest BCUT2D eigenvalue weighted by Gasteiger charge is 2.13. The van der Waals surface area contributed by atoms with Gasteiger partial charge in [-0.2, -0.15) is 11.8 Å². The number of nitrogens with one attached hydrogen (secondary N) is 1. The van der Waals surface area contributed by atoms with Crippen LogP contribution in [0.2, 0.25) is 0 Å². The molecule has 0 spiro atoms. The van der Waals surface area contributed by atoms with Crippen LogP contribution in [0.3, 0.4) is 0 Å². The fraction of sp³-hybridized carbons (Fsp3) is 0.615. The average molecular weight is 253 g/mol. The van der Waals surface area contributed by atoms with E-state index in [1.54, 1.807) is 6.20 Å². The lowest BCUT2D eigenvalue weighted by Gasteiger charge is -2.19. The molecular formula is C13H23N3S. The molecule has 96 valence electrons. The van der Waals surface area contributed by atoms with Crippen LogP contribution in [0.15, 0.2) is 18.3 Å². The van der Waals surface area contributed by atoms with E-state index in [0.29, 0.717) is 11.9 Å². The SMILES string of the molecule is CCCNC(CSCCC)c1cccnc1N. The summed E-state index contributed by atoms with van der Waals surface area (Å²) in [6, 6.07) is 4.35. The maximum atomic E-state index is 5.94. The second-order valence-electron chi connectivity index (χ2n) is 4.06. The Balaban J connectivity index is 2.64. The minimum absolute atomic E-state index is 0.320. The summed E-state index contributed by atoms with van der Waals surface area (Å²) in [7, 11) is 0. The number of nitrogens with zero attached hydrogens (tertiary/aromatic N) is 1. The van der Waals surface area contributed by atoms with Crippen LogP contribution in [0.1, 0.15) is 38.3 Å². The molecule has 0 amide bonds. The summed E-state index contributed by atoms with van der Waals surface area (Å²) < 4.78 is 0. The van der Waals surface area contributed by atoms with Gasteiger partial charge in [0.25, 0.3) is 0 Å². The first kappa shape index (κ1) is 14.3. The first-order chi connectivity index (χ1) is 8.29. The maximum absolute atomic E-state index is 5.94. The van der Waals surface area contributed by atoms with Crippen molar-refractivity contribution in [1.82, 2.24) is 10.3 Å². The number of pyridine rings is 1. The standard InChI is InChI=1S/C13H23N3S/c1-3-7-15-12(10-17-9-4-2)11-6-5-8-16-13(11)14/h5-6,8,12,15H,3-4,7,9-10H2,1-2H3,(H2,14,16). The van der Waals surface area contributed by atoms with Crippen molar-refractivity contribution in [1.29, 1.82) is 0 Å². The van der Waals surface area contributed by atoms with Gasteiger partial charge in [-0.25, -0.2) is 4.98 Å². The number of nitrogen functional groups attached to an aromatic ring is 1. The van der Waals surface area contributed by atoms with Gasteiger partial charge in [0.1, 0.15) is 5.82 Å². The fourth-order valence-corrected chi connectivity index (χ4v) is 2.64. The first-order valence-corrected chi connectivity index (χ1v) is 7.46. The largest absolute Gasteiger partial charge is 0.383 e. The second-order valence-corrected chi connectivity index (χ2v) is 5.21. The number of anilines is 1. The van der Waals surface area contributed by atoms with Crippen molar-refractivity contribution in [3.05, 3.63) is 23.9 Å². The minimum Gasteiger partial charge on any atom is -0.383 e. The third kappa shape index (κ3) is 4.96. The predicted octanol–water partition coefficient (Wildman–Crippen LogP) is 2.85. The molecule has 0 fully saturated rings. The van der Waals surface area contributed by atoms with Gasteiger partial charge in [-0.3, -0.25) is 0 Å². The Kier molecular flexibility index (Phi) is 7.05. The second kappa shape index (κ2) is 8.37. The van der Waals surface area contributed by atoms with Crippen molar-refractivity contribution in [2.24, 2.45) is 0 Å². The van der Waals surface area contributed by atoms with Gasteiger partial charge in [-0.1, -0.05) is 19.9 Å². The molecule has 1 heterocycles. The Hall–Kier alpha value is -0.740. The van der Waals surface area contributed by atoms with E-state index in [-0.39, 0.29) is 0 Å². The van der Waals surface area contributed by atoms with E-state index in [4.69, 9.17) is 5.73 Å². The van der Waals surface area contributed by atoms with Crippen LogP contribution >= 0.6 is 11.8 Å². The Bertz CT molecular complexity index is 317. The van der Waals surface area contributed by atoms with E-state index in [0.717, 1.165) is 24.3 Å². The molecule has 3 N–H and O–H groups in total. The van der Waals surface area contributed by atoms with E-state index in [1.165, 1.54) is 12.2 Å². The zero-order chi connectivity index (χ0) is 12.5. The average Bonchev–Trinajstić information content (AvgIpc) is 2.35. The fourth-order valence-electron chi connectivity index (χ4n) is 1.65. The molecule has 0 aliphatic carbocycles. The lowest BCUT2D eigenvalue weighted by atomic mass is 10.1. The number of hydrogen-bond donors (Lipinski definition) is 2. The Labute approximate surface area is 109 Å². The summed E-state index contributed by atoms with van der Waals surface area (Å²) in [4.78, 5) is 4.16. The summed E-state index contributed by atoms with van der Waals surface area (Å²) in [6.07, 6.45) is 4.09. The Morgan fingerprint density at radius 3 is 2.88 bits per heavy atom. The van der Waals surface area contributed by atoms with Crippen molar-refractivity contribution >= 4 is 17.6 Å². The van der Waals surface area contributed by atoms with Crippen LogP contribution in [-0.4, -0.2) is 23.0 Å². The van der Waals surface area contributed by atoms with Crippen LogP contribution in [0.25, 0.3) is 0 Å². The summed E-state index contributed by atoms with van der Waals surface area (Å²) in [5.74, 6) is 2.91. The molecule has 1 unspecified atom stereocenters. The maximum Gasteiger partial charge on any atom is 0.128 e. The molecule has 0 aliphatic rings. The quantitative estimate of drug-likeness (QED) is 0.700. The molecule has 0 aliphatic heterocycles. The highest BCUT2D eigenvalue weighted by molar-refractivity contribution is 7.99. The summed E-state index contributed by atoms with van der Waals surface area (Å²) in [5, 5.41) is 3.54. The molecule has 1 aromatic rings. The minimum atomic E-state index is 0.320. The van der Waals surface area contributed by atoms with Gasteiger partial charge in [-0.05, 0) is 31.2 Å². The molecule has 0 bridgehead atoms. The van der Waals surface area contributed by atoms with Crippen LogP contribution in [0, 0.1) is 0 Å². The summed E-state index contributed by atoms with van der Waals surface area (Å²) >= 11 is 1.97. The zero-order valence-electron chi connectivity index (χ0n) is 10.8. The van der Waals surface area contributed by atoms with Crippen LogP contribution in [0.5, 0.6) is 0 Å². The van der Waals surface area contributed by atoms with E-state index >= 15 is 0 Å². The Morgan fingerprint density at radius 1 is 1.41 bits per heavy atom. The first-order valence-electron chi connectivity index (χ1n) is 6.31. The van der Waals surface area contributed by atoms with E-state index < -0.39 is 0 Å². The van der Waals surface area contributed by atoms with Crippen LogP contribution in [0.4, 0.5) is 5.82 Å². The zero-order valence-corrected chi connectivity index (χ0v) is 11.6. The van der Waals surface area contributed by atoms with Crippen LogP contribution < -0.4 is 11.1 Å². The molecule has 17 heavy (non-hydrogen) atoms. The number of rotatable bonds is 8. The molecule has 0 radical (unpaired) electrons. The van der Waals surface area contributed by atoms with E-state index in [2.05, 4.69) is 30.2 Å². The molecule has 1 aromatic heterocycles. The van der Waals surface area contributed by atoms with Gasteiger partial charge in [0.05, 0.1) is 0 Å². The lowest BCUT2D eigenvalue weighted by molar-refractivity contribution is 0.577. The van der Waals surface area contributed by atoms with Crippen molar-refractivity contribution in [2.45, 2.75) is 32.7 Å². The van der Waals surface area contributed by atoms with Gasteiger partial charge >= 0.3 is 0 Å². The molecule has 0 saturated heterocycles. The molecular weight excluding hydrogens is 230 g/mol. The smallest absolute Gasteiger partial charge is 0.128 e. The third-order valence-electron chi connectivity index (χ3n) is 2.52. The summed E-state index contributed by atoms with van der Waals surface area (Å²) in [6.45, 7) is 5.40. The van der Waals surface area contributed by atoms with Crippen molar-refractivity contribution in [2.75, 3.05) is 23.8 Å². The van der Waals surface area contributed by atoms with Gasteiger partial charge in [-0.15, -0.1) is 0 Å². The highest BCUT2D eigenvalue weighted by atomic mass is 32.2. The van der Waals surface area contributed by atoms with E-state index in [1.807, 2.05) is 17.8 Å². The summed E-state index contributed by atoms with van der Waals surface area (Å²) in [5.41, 5.74) is 7.07. The third-order valence-corrected chi connectivity index (χ3v) is 3.79. The number of aromatic nitrogens is 1. The normalized spacial score (nSPS) is 12.6. The van der Waals surface area contributed by atoms with Gasteiger partial charge < -0.3 is 11.1 Å². The number of thioether (sulfide) groups is 1.